The summed E-state index contributed by atoms with van der Waals surface area (Å²) in [4.78, 5) is 13.8. The Morgan fingerprint density at radius 2 is 2.40 bits per heavy atom. The molecule has 1 unspecified atom stereocenters. The summed E-state index contributed by atoms with van der Waals surface area (Å²) in [5.41, 5.74) is 5.65. The summed E-state index contributed by atoms with van der Waals surface area (Å²) < 4.78 is 0. The molecule has 1 aliphatic heterocycles. The molecule has 0 aromatic rings. The van der Waals surface area contributed by atoms with Gasteiger partial charge in [-0.15, -0.1) is 0 Å². The molecule has 1 fully saturated rings. The Bertz CT molecular complexity index is 199. The number of carbonyl (C=O) groups is 1. The fraction of sp³-hybridized carbons (Fsp3) is 0.909. The summed E-state index contributed by atoms with van der Waals surface area (Å²) in [6.07, 6.45) is 2.99. The number of thioether (sulfide) groups is 1. The average molecular weight is 230 g/mol. The second-order valence-electron chi connectivity index (χ2n) is 4.03. The van der Waals surface area contributed by atoms with E-state index in [1.54, 1.807) is 0 Å². The van der Waals surface area contributed by atoms with Gasteiger partial charge >= 0.3 is 0 Å². The van der Waals surface area contributed by atoms with Crippen LogP contribution >= 0.6 is 11.8 Å². The predicted octanol–water partition coefficient (Wildman–Crippen LogP) is 1.33. The molecule has 0 saturated carbocycles. The largest absolute Gasteiger partial charge is 0.342 e. The first kappa shape index (κ1) is 12.8. The first-order valence-electron chi connectivity index (χ1n) is 5.83. The molecular formula is C11H22N2OS. The maximum absolute atomic E-state index is 11.8. The zero-order valence-electron chi connectivity index (χ0n) is 9.58. The Labute approximate surface area is 96.8 Å². The number of amides is 1. The zero-order chi connectivity index (χ0) is 11.1. The van der Waals surface area contributed by atoms with E-state index in [9.17, 15) is 4.79 Å². The van der Waals surface area contributed by atoms with Gasteiger partial charge in [0.05, 0.1) is 0 Å². The van der Waals surface area contributed by atoms with Crippen molar-refractivity contribution in [1.29, 1.82) is 0 Å². The summed E-state index contributed by atoms with van der Waals surface area (Å²) in [6.45, 7) is 4.66. The van der Waals surface area contributed by atoms with Crippen molar-refractivity contribution in [3.8, 4) is 0 Å². The fourth-order valence-electron chi connectivity index (χ4n) is 1.95. The van der Waals surface area contributed by atoms with Crippen LogP contribution in [0.25, 0.3) is 0 Å². The monoisotopic (exact) mass is 230 g/mol. The molecule has 15 heavy (non-hydrogen) atoms. The molecule has 0 bridgehead atoms. The summed E-state index contributed by atoms with van der Waals surface area (Å²) in [5.74, 6) is 2.90. The second-order valence-corrected chi connectivity index (χ2v) is 5.42. The molecule has 0 aromatic carbocycles. The van der Waals surface area contributed by atoms with Crippen molar-refractivity contribution in [2.45, 2.75) is 26.2 Å². The van der Waals surface area contributed by atoms with Crippen LogP contribution in [-0.4, -0.2) is 41.9 Å². The quantitative estimate of drug-likeness (QED) is 0.725. The van der Waals surface area contributed by atoms with E-state index in [4.69, 9.17) is 5.73 Å². The molecule has 0 aliphatic carbocycles. The van der Waals surface area contributed by atoms with Gasteiger partial charge in [-0.25, -0.2) is 0 Å². The van der Waals surface area contributed by atoms with Crippen LogP contribution in [0.4, 0.5) is 0 Å². The molecule has 1 saturated heterocycles. The molecule has 1 heterocycles. The average Bonchev–Trinajstić information content (AvgIpc) is 2.29. The molecule has 1 atom stereocenters. The molecule has 0 aromatic heterocycles. The SMILES string of the molecule is CCSCCC(=O)N1CCCC(CN)C1. The minimum atomic E-state index is 0.314. The van der Waals surface area contributed by atoms with Gasteiger partial charge in [0.2, 0.25) is 5.91 Å². The molecule has 1 aliphatic rings. The highest BCUT2D eigenvalue weighted by atomic mass is 32.2. The van der Waals surface area contributed by atoms with E-state index in [-0.39, 0.29) is 0 Å². The van der Waals surface area contributed by atoms with E-state index >= 15 is 0 Å². The van der Waals surface area contributed by atoms with Crippen molar-refractivity contribution in [2.75, 3.05) is 31.1 Å². The highest BCUT2D eigenvalue weighted by Crippen LogP contribution is 2.16. The number of hydrogen-bond donors (Lipinski definition) is 1. The van der Waals surface area contributed by atoms with Crippen molar-refractivity contribution in [3.05, 3.63) is 0 Å². The Balaban J connectivity index is 2.25. The number of hydrogen-bond acceptors (Lipinski definition) is 3. The third-order valence-corrected chi connectivity index (χ3v) is 3.77. The number of piperidine rings is 1. The minimum absolute atomic E-state index is 0.314. The fourth-order valence-corrected chi connectivity index (χ4v) is 2.55. The molecule has 2 N–H and O–H groups in total. The molecule has 88 valence electrons. The van der Waals surface area contributed by atoms with E-state index in [0.29, 0.717) is 24.8 Å². The van der Waals surface area contributed by atoms with Gasteiger partial charge < -0.3 is 10.6 Å². The van der Waals surface area contributed by atoms with E-state index in [1.165, 1.54) is 6.42 Å². The van der Waals surface area contributed by atoms with Gasteiger partial charge in [0, 0.05) is 25.3 Å². The van der Waals surface area contributed by atoms with Crippen LogP contribution in [0.3, 0.4) is 0 Å². The molecule has 0 spiro atoms. The van der Waals surface area contributed by atoms with Crippen LogP contribution in [0.15, 0.2) is 0 Å². The molecule has 3 nitrogen and oxygen atoms in total. The van der Waals surface area contributed by atoms with Crippen molar-refractivity contribution < 1.29 is 4.79 Å². The van der Waals surface area contributed by atoms with Gasteiger partial charge in [-0.1, -0.05) is 6.92 Å². The lowest BCUT2D eigenvalue weighted by Crippen LogP contribution is -2.42. The van der Waals surface area contributed by atoms with Crippen LogP contribution in [0.5, 0.6) is 0 Å². The van der Waals surface area contributed by atoms with Crippen LogP contribution < -0.4 is 5.73 Å². The molecular weight excluding hydrogens is 208 g/mol. The zero-order valence-corrected chi connectivity index (χ0v) is 10.4. The molecule has 1 rings (SSSR count). The first-order chi connectivity index (χ1) is 7.27. The summed E-state index contributed by atoms with van der Waals surface area (Å²) in [6, 6.07) is 0. The Morgan fingerprint density at radius 3 is 3.07 bits per heavy atom. The van der Waals surface area contributed by atoms with Crippen LogP contribution in [0.1, 0.15) is 26.2 Å². The highest BCUT2D eigenvalue weighted by molar-refractivity contribution is 7.99. The first-order valence-corrected chi connectivity index (χ1v) is 6.99. The second kappa shape index (κ2) is 7.12. The normalized spacial score (nSPS) is 21.7. The van der Waals surface area contributed by atoms with Gasteiger partial charge in [0.25, 0.3) is 0 Å². The molecule has 0 radical (unpaired) electrons. The number of likely N-dealkylation sites (tertiary alicyclic amines) is 1. The third kappa shape index (κ3) is 4.43. The number of nitrogens with two attached hydrogens (primary N) is 1. The van der Waals surface area contributed by atoms with Crippen molar-refractivity contribution in [1.82, 2.24) is 4.90 Å². The van der Waals surface area contributed by atoms with Gasteiger partial charge in [0.15, 0.2) is 0 Å². The topological polar surface area (TPSA) is 46.3 Å². The molecule has 1 amide bonds. The molecule has 4 heteroatoms. The standard InChI is InChI=1S/C11H22N2OS/c1-2-15-7-5-11(14)13-6-3-4-10(8-12)9-13/h10H,2-9,12H2,1H3. The Hall–Kier alpha value is -0.220. The van der Waals surface area contributed by atoms with Crippen molar-refractivity contribution in [3.63, 3.8) is 0 Å². The number of carbonyl (C=O) groups excluding carboxylic acids is 1. The predicted molar refractivity (Wildman–Crippen MR) is 66.0 cm³/mol. The number of rotatable bonds is 5. The van der Waals surface area contributed by atoms with Crippen LogP contribution in [0, 0.1) is 5.92 Å². The minimum Gasteiger partial charge on any atom is -0.342 e. The smallest absolute Gasteiger partial charge is 0.223 e. The van der Waals surface area contributed by atoms with E-state index in [2.05, 4.69) is 6.92 Å². The van der Waals surface area contributed by atoms with E-state index in [1.807, 2.05) is 16.7 Å². The maximum Gasteiger partial charge on any atom is 0.223 e. The highest BCUT2D eigenvalue weighted by Gasteiger charge is 2.21. The Kier molecular flexibility index (Phi) is 6.10. The van der Waals surface area contributed by atoms with Crippen molar-refractivity contribution in [2.24, 2.45) is 11.7 Å². The van der Waals surface area contributed by atoms with Crippen LogP contribution in [0.2, 0.25) is 0 Å². The Morgan fingerprint density at radius 1 is 1.60 bits per heavy atom. The third-order valence-electron chi connectivity index (χ3n) is 2.87. The maximum atomic E-state index is 11.8. The summed E-state index contributed by atoms with van der Waals surface area (Å²) in [5, 5.41) is 0. The lowest BCUT2D eigenvalue weighted by Gasteiger charge is -2.32. The summed E-state index contributed by atoms with van der Waals surface area (Å²) >= 11 is 1.83. The van der Waals surface area contributed by atoms with Gasteiger partial charge in [-0.3, -0.25) is 4.79 Å². The van der Waals surface area contributed by atoms with Crippen LogP contribution in [-0.2, 0) is 4.79 Å². The van der Waals surface area contributed by atoms with E-state index in [0.717, 1.165) is 31.0 Å². The lowest BCUT2D eigenvalue weighted by atomic mass is 9.98. The van der Waals surface area contributed by atoms with Gasteiger partial charge in [-0.2, -0.15) is 11.8 Å². The van der Waals surface area contributed by atoms with Gasteiger partial charge in [0.1, 0.15) is 0 Å². The summed E-state index contributed by atoms with van der Waals surface area (Å²) in [7, 11) is 0. The van der Waals surface area contributed by atoms with Gasteiger partial charge in [-0.05, 0) is 31.1 Å². The lowest BCUT2D eigenvalue weighted by molar-refractivity contribution is -0.132. The number of nitrogens with zero attached hydrogens (tertiary/aromatic N) is 1. The van der Waals surface area contributed by atoms with Crippen molar-refractivity contribution >= 4 is 17.7 Å². The van der Waals surface area contributed by atoms with E-state index < -0.39 is 0 Å².